The minimum Gasteiger partial charge on any atom is -0.396 e. The third kappa shape index (κ3) is 10.4. The van der Waals surface area contributed by atoms with E-state index in [2.05, 4.69) is 0 Å². The molecule has 13 heavy (non-hydrogen) atoms. The van der Waals surface area contributed by atoms with Crippen molar-refractivity contribution in [3.8, 4) is 0 Å². The van der Waals surface area contributed by atoms with Crippen molar-refractivity contribution in [3.05, 3.63) is 12.2 Å². The molecular formula is C8H17BO2PS. The Morgan fingerprint density at radius 3 is 3.46 bits per heavy atom. The molecule has 0 aromatic rings. The van der Waals surface area contributed by atoms with E-state index in [9.17, 15) is 0 Å². The lowest BCUT2D eigenvalue weighted by molar-refractivity contribution is 0.285. The van der Waals surface area contributed by atoms with E-state index in [1.807, 2.05) is 19.1 Å². The van der Waals surface area contributed by atoms with Crippen molar-refractivity contribution in [1.82, 2.24) is 0 Å². The zero-order chi connectivity index (χ0) is 11.5. The van der Waals surface area contributed by atoms with Gasteiger partial charge >= 0.3 is 0 Å². The fourth-order valence-corrected chi connectivity index (χ4v) is 1.59. The van der Waals surface area contributed by atoms with Crippen LogP contribution in [0.25, 0.3) is 0 Å². The van der Waals surface area contributed by atoms with Crippen LogP contribution in [0.2, 0.25) is 0 Å². The van der Waals surface area contributed by atoms with Crippen LogP contribution in [0.4, 0.5) is 0 Å². The number of aliphatic hydroxyl groups is 1. The normalized spacial score (nSPS) is 18.0. The number of aliphatic hydroxyl groups excluding tert-OH is 1. The average Bonchev–Trinajstić information content (AvgIpc) is 2.25. The van der Waals surface area contributed by atoms with Gasteiger partial charge in [-0.15, -0.1) is 0 Å². The highest BCUT2D eigenvalue weighted by atomic mass is 32.7. The molecule has 0 bridgehead atoms. The summed E-state index contributed by atoms with van der Waals surface area (Å²) in [7, 11) is -0.121. The maximum atomic E-state index is 8.56. The van der Waals surface area contributed by atoms with E-state index in [0.717, 1.165) is 38.5 Å². The van der Waals surface area contributed by atoms with Gasteiger partial charge in [-0.25, -0.2) is 0 Å². The number of allylic oxidation sites excluding steroid dienone is 1. The number of unbranched alkanes of at least 4 members (excludes halogenated alkanes) is 2. The number of rotatable bonds is 9. The van der Waals surface area contributed by atoms with Gasteiger partial charge in [0.2, 0.25) is 0 Å². The predicted octanol–water partition coefficient (Wildman–Crippen LogP) is 2.17. The molecule has 0 aliphatic carbocycles. The van der Waals surface area contributed by atoms with Crippen LogP contribution >= 0.6 is 19.3 Å². The quantitative estimate of drug-likeness (QED) is 0.213. The second-order valence-electron chi connectivity index (χ2n) is 2.63. The molecule has 1 radical (unpaired) electrons. The van der Waals surface area contributed by atoms with Crippen molar-refractivity contribution >= 4 is 26.8 Å². The van der Waals surface area contributed by atoms with E-state index in [0.29, 0.717) is 0 Å². The molecule has 0 heterocycles. The van der Waals surface area contributed by atoms with E-state index < -0.39 is 7.61 Å². The number of hydrogen-bond donors (Lipinski definition) is 1. The summed E-state index contributed by atoms with van der Waals surface area (Å²) in [5, 5.41) is 8.56. The van der Waals surface area contributed by atoms with Crippen LogP contribution in [0, 0.1) is 0 Å². The first-order valence-electron chi connectivity index (χ1n) is 5.34. The highest BCUT2D eigenvalue weighted by molar-refractivity contribution is 8.53. The molecule has 0 aromatic heterocycles. The molecule has 1 N–H and O–H groups in total. The van der Waals surface area contributed by atoms with Crippen LogP contribution in [0.15, 0.2) is 12.2 Å². The molecule has 2 nitrogen and oxygen atoms in total. The van der Waals surface area contributed by atoms with E-state index in [4.69, 9.17) is 11.9 Å². The third-order valence-electron chi connectivity index (χ3n) is 1.42. The highest BCUT2D eigenvalue weighted by Crippen LogP contribution is 2.26. The molecular weight excluding hydrogens is 202 g/mol. The van der Waals surface area contributed by atoms with Crippen LogP contribution in [0.3, 0.4) is 0 Å². The summed E-state index contributed by atoms with van der Waals surface area (Å²) in [4.78, 5) is 0. The zero-order valence-corrected chi connectivity index (χ0v) is 9.56. The SMILES string of the molecule is [2H]P([B][3H])SOC(C)C=CCCCCO. The summed E-state index contributed by atoms with van der Waals surface area (Å²) in [6.45, 7) is 2.15. The van der Waals surface area contributed by atoms with Gasteiger partial charge in [-0.1, -0.05) is 19.8 Å². The molecule has 0 aromatic carbocycles. The Balaban J connectivity index is 3.42. The van der Waals surface area contributed by atoms with Gasteiger partial charge in [-0.2, -0.15) is 0 Å². The Kier molecular flexibility index (Phi) is 8.17. The fourth-order valence-electron chi connectivity index (χ4n) is 0.787. The monoisotopic (exact) mass is 222 g/mol. The largest absolute Gasteiger partial charge is 0.396 e. The second kappa shape index (κ2) is 10.6. The Morgan fingerprint density at radius 1 is 1.92 bits per heavy atom. The molecule has 0 aliphatic heterocycles. The average molecular weight is 222 g/mol. The smallest absolute Gasteiger partial charge is 0.137 e. The highest BCUT2D eigenvalue weighted by Gasteiger charge is 1.94. The van der Waals surface area contributed by atoms with Crippen molar-refractivity contribution in [3.63, 3.8) is 0 Å². The lowest BCUT2D eigenvalue weighted by atomic mass is 10.2. The van der Waals surface area contributed by atoms with E-state index in [-0.39, 0.29) is 12.7 Å². The summed E-state index contributed by atoms with van der Waals surface area (Å²) in [5.74, 6) is 0. The van der Waals surface area contributed by atoms with Gasteiger partial charge in [0.15, 0.2) is 0 Å². The molecule has 5 heteroatoms. The first-order valence-corrected chi connectivity index (χ1v) is 6.62. The maximum Gasteiger partial charge on any atom is 0.137 e. The van der Waals surface area contributed by atoms with Crippen molar-refractivity contribution in [2.45, 2.75) is 32.3 Å². The molecule has 2 unspecified atom stereocenters. The second-order valence-corrected chi connectivity index (χ2v) is 4.26. The lowest BCUT2D eigenvalue weighted by Crippen LogP contribution is -1.96. The Labute approximate surface area is 90.3 Å². The van der Waals surface area contributed by atoms with Gasteiger partial charge in [0.25, 0.3) is 0 Å². The summed E-state index contributed by atoms with van der Waals surface area (Å²) in [5.41, 5.74) is 0. The Hall–Kier alpha value is 0.505. The van der Waals surface area contributed by atoms with Gasteiger partial charge in [0, 0.05) is 18.3 Å². The fraction of sp³-hybridized carbons (Fsp3) is 0.750. The maximum absolute atomic E-state index is 8.56. The molecule has 75 valence electrons. The van der Waals surface area contributed by atoms with Crippen LogP contribution < -0.4 is 0 Å². The predicted molar refractivity (Wildman–Crippen MR) is 63.7 cm³/mol. The summed E-state index contributed by atoms with van der Waals surface area (Å²) < 4.78 is 19.4. The summed E-state index contributed by atoms with van der Waals surface area (Å²) in [6.07, 6.45) is 6.70. The minimum absolute atomic E-state index is 0.0283. The van der Waals surface area contributed by atoms with Crippen LogP contribution in [0.1, 0.15) is 26.2 Å². The molecule has 0 rings (SSSR count). The van der Waals surface area contributed by atoms with Crippen LogP contribution in [0.5, 0.6) is 0 Å². The zero-order valence-electron chi connectivity index (χ0n) is 9.85. The minimum atomic E-state index is -1.22. The van der Waals surface area contributed by atoms with Crippen LogP contribution in [-0.2, 0) is 4.18 Å². The Bertz CT molecular complexity index is 177. The third-order valence-corrected chi connectivity index (χ3v) is 2.42. The first-order chi connectivity index (χ1) is 7.20. The van der Waals surface area contributed by atoms with Crippen molar-refractivity contribution < 1.29 is 9.29 Å². The standard InChI is InChI=1S/C8H17BO2PS/c1-8(11-13-12-9)6-4-2-3-5-7-10/h4,6,8-10,12H,2-3,5,7H2,1H3/i9T,12D. The summed E-state index contributed by atoms with van der Waals surface area (Å²) >= 11 is 1.05. The first kappa shape index (κ1) is 10.0. The molecule has 0 saturated heterocycles. The topological polar surface area (TPSA) is 29.5 Å². The van der Waals surface area contributed by atoms with Crippen molar-refractivity contribution in [2.24, 2.45) is 0 Å². The molecule has 0 spiro atoms. The van der Waals surface area contributed by atoms with Crippen molar-refractivity contribution in [2.75, 3.05) is 6.61 Å². The van der Waals surface area contributed by atoms with Gasteiger partial charge in [-0.05, 0) is 27.5 Å². The lowest BCUT2D eigenvalue weighted by Gasteiger charge is -2.04. The Morgan fingerprint density at radius 2 is 2.77 bits per heavy atom. The number of hydrogen-bond acceptors (Lipinski definition) is 3. The molecule has 0 amide bonds. The van der Waals surface area contributed by atoms with Gasteiger partial charge < -0.3 is 9.29 Å². The molecule has 0 saturated carbocycles. The van der Waals surface area contributed by atoms with Gasteiger partial charge in [-0.3, -0.25) is 0 Å². The molecule has 2 atom stereocenters. The van der Waals surface area contributed by atoms with Gasteiger partial charge in [0.1, 0.15) is 7.53 Å². The summed E-state index contributed by atoms with van der Waals surface area (Å²) in [6, 6.07) is 0. The van der Waals surface area contributed by atoms with Crippen LogP contribution in [-0.4, -0.2) is 28.0 Å². The van der Waals surface area contributed by atoms with E-state index in [1.54, 1.807) is 0 Å². The molecule has 0 fully saturated rings. The van der Waals surface area contributed by atoms with E-state index >= 15 is 0 Å². The molecule has 0 aliphatic rings. The van der Waals surface area contributed by atoms with Crippen molar-refractivity contribution in [1.29, 1.82) is 2.61 Å². The van der Waals surface area contributed by atoms with E-state index in [1.165, 1.54) is 0 Å². The van der Waals surface area contributed by atoms with Gasteiger partial charge in [0.05, 0.1) is 7.38 Å².